The van der Waals surface area contributed by atoms with E-state index in [1.807, 2.05) is 20.8 Å². The zero-order valence-electron chi connectivity index (χ0n) is 10.4. The highest BCUT2D eigenvalue weighted by Crippen LogP contribution is 2.29. The maximum atomic E-state index is 12.2. The Morgan fingerprint density at radius 1 is 1.33 bits per heavy atom. The molecule has 0 saturated carbocycles. The Labute approximate surface area is 107 Å². The third kappa shape index (κ3) is 5.18. The number of alkyl halides is 3. The highest BCUT2D eigenvalue weighted by Gasteiger charge is 2.36. The molecule has 0 spiro atoms. The predicted octanol–water partition coefficient (Wildman–Crippen LogP) is 2.77. The summed E-state index contributed by atoms with van der Waals surface area (Å²) < 4.78 is 39.9. The van der Waals surface area contributed by atoms with Crippen LogP contribution in [0, 0.1) is 5.41 Å². The van der Waals surface area contributed by atoms with Crippen molar-refractivity contribution in [3.8, 4) is 0 Å². The first-order valence-corrected chi connectivity index (χ1v) is 6.18. The van der Waals surface area contributed by atoms with Gasteiger partial charge in [0.2, 0.25) is 11.0 Å². The van der Waals surface area contributed by atoms with Gasteiger partial charge in [-0.1, -0.05) is 20.8 Å². The summed E-state index contributed by atoms with van der Waals surface area (Å²) in [6.45, 7) is 6.08. The summed E-state index contributed by atoms with van der Waals surface area (Å²) >= 11 is 0.633. The van der Waals surface area contributed by atoms with Gasteiger partial charge in [0, 0.05) is 18.1 Å². The van der Waals surface area contributed by atoms with Gasteiger partial charge in [-0.3, -0.25) is 0 Å². The Kier molecular flexibility index (Phi) is 4.55. The van der Waals surface area contributed by atoms with Crippen LogP contribution in [0.25, 0.3) is 0 Å². The summed E-state index contributed by atoms with van der Waals surface area (Å²) in [5.74, 6) is -1.15. The number of hydrogen-bond acceptors (Lipinski definition) is 5. The molecule has 1 aromatic rings. The SMILES string of the molecule is CC(C)(C)CC(O)CNc1nc(C(F)(F)F)ns1. The third-order valence-electron chi connectivity index (χ3n) is 2.02. The summed E-state index contributed by atoms with van der Waals surface area (Å²) in [4.78, 5) is 3.31. The molecule has 18 heavy (non-hydrogen) atoms. The highest BCUT2D eigenvalue weighted by molar-refractivity contribution is 7.09. The number of rotatable bonds is 4. The van der Waals surface area contributed by atoms with Crippen LogP contribution in [-0.2, 0) is 6.18 Å². The molecule has 0 saturated heterocycles. The lowest BCUT2D eigenvalue weighted by Crippen LogP contribution is -2.25. The predicted molar refractivity (Wildman–Crippen MR) is 63.5 cm³/mol. The monoisotopic (exact) mass is 283 g/mol. The van der Waals surface area contributed by atoms with Crippen LogP contribution in [0.5, 0.6) is 0 Å². The molecule has 0 bridgehead atoms. The molecule has 8 heteroatoms. The number of aromatic nitrogens is 2. The molecule has 1 unspecified atom stereocenters. The summed E-state index contributed by atoms with van der Waals surface area (Å²) in [7, 11) is 0. The van der Waals surface area contributed by atoms with Crippen LogP contribution in [0.1, 0.15) is 33.0 Å². The summed E-state index contributed by atoms with van der Waals surface area (Å²) in [6, 6.07) is 0. The molecule has 0 aromatic carbocycles. The number of nitrogens with one attached hydrogen (secondary N) is 1. The minimum atomic E-state index is -4.53. The Bertz CT molecular complexity index is 386. The second-order valence-corrected chi connectivity index (χ2v) is 5.97. The molecule has 1 aromatic heterocycles. The van der Waals surface area contributed by atoms with Crippen molar-refractivity contribution in [3.05, 3.63) is 5.82 Å². The van der Waals surface area contributed by atoms with Crippen molar-refractivity contribution >= 4 is 16.7 Å². The van der Waals surface area contributed by atoms with Crippen molar-refractivity contribution < 1.29 is 18.3 Å². The first kappa shape index (κ1) is 15.2. The van der Waals surface area contributed by atoms with Crippen molar-refractivity contribution in [1.29, 1.82) is 0 Å². The fourth-order valence-electron chi connectivity index (χ4n) is 1.39. The number of hydrogen-bond donors (Lipinski definition) is 2. The van der Waals surface area contributed by atoms with E-state index in [0.717, 1.165) is 0 Å². The zero-order chi connectivity index (χ0) is 14.0. The van der Waals surface area contributed by atoms with Gasteiger partial charge in [0.25, 0.3) is 0 Å². The van der Waals surface area contributed by atoms with Crippen molar-refractivity contribution in [3.63, 3.8) is 0 Å². The molecular weight excluding hydrogens is 267 g/mol. The Morgan fingerprint density at radius 3 is 2.39 bits per heavy atom. The molecule has 1 atom stereocenters. The normalized spacial score (nSPS) is 14.6. The number of nitrogens with zero attached hydrogens (tertiary/aromatic N) is 2. The average Bonchev–Trinajstić information content (AvgIpc) is 2.59. The van der Waals surface area contributed by atoms with Crippen LogP contribution < -0.4 is 5.32 Å². The molecular formula is C10H16F3N3OS. The minimum Gasteiger partial charge on any atom is -0.391 e. The topological polar surface area (TPSA) is 58.0 Å². The minimum absolute atomic E-state index is 0.0423. The van der Waals surface area contributed by atoms with Gasteiger partial charge in [-0.2, -0.15) is 22.5 Å². The van der Waals surface area contributed by atoms with Crippen LogP contribution >= 0.6 is 11.5 Å². The van der Waals surface area contributed by atoms with Crippen molar-refractivity contribution in [2.75, 3.05) is 11.9 Å². The Balaban J connectivity index is 2.47. The van der Waals surface area contributed by atoms with Gasteiger partial charge in [0.1, 0.15) is 0 Å². The number of aliphatic hydroxyl groups is 1. The van der Waals surface area contributed by atoms with Crippen LogP contribution in [0.4, 0.5) is 18.3 Å². The van der Waals surface area contributed by atoms with Crippen LogP contribution in [0.2, 0.25) is 0 Å². The van der Waals surface area contributed by atoms with Gasteiger partial charge in [0.15, 0.2) is 0 Å². The molecule has 1 heterocycles. The lowest BCUT2D eigenvalue weighted by atomic mass is 9.89. The van der Waals surface area contributed by atoms with Crippen molar-refractivity contribution in [2.45, 2.75) is 39.5 Å². The van der Waals surface area contributed by atoms with Crippen molar-refractivity contribution in [2.24, 2.45) is 5.41 Å². The summed E-state index contributed by atoms with van der Waals surface area (Å²) in [5, 5.41) is 12.4. The molecule has 0 fully saturated rings. The van der Waals surface area contributed by atoms with Gasteiger partial charge in [0.05, 0.1) is 6.10 Å². The molecule has 1 rings (SSSR count). The second kappa shape index (κ2) is 5.40. The smallest absolute Gasteiger partial charge is 0.391 e. The third-order valence-corrected chi connectivity index (χ3v) is 2.69. The maximum absolute atomic E-state index is 12.2. The highest BCUT2D eigenvalue weighted by atomic mass is 32.1. The van der Waals surface area contributed by atoms with E-state index in [1.54, 1.807) is 0 Å². The van der Waals surface area contributed by atoms with Gasteiger partial charge >= 0.3 is 6.18 Å². The fraction of sp³-hybridized carbons (Fsp3) is 0.800. The van der Waals surface area contributed by atoms with E-state index < -0.39 is 18.1 Å². The molecule has 0 aliphatic carbocycles. The van der Waals surface area contributed by atoms with E-state index in [-0.39, 0.29) is 17.1 Å². The largest absolute Gasteiger partial charge is 0.452 e. The molecule has 0 amide bonds. The number of anilines is 1. The van der Waals surface area contributed by atoms with Crippen LogP contribution in [0.15, 0.2) is 0 Å². The first-order chi connectivity index (χ1) is 8.08. The lowest BCUT2D eigenvalue weighted by molar-refractivity contribution is -0.144. The maximum Gasteiger partial charge on any atom is 0.452 e. The summed E-state index contributed by atoms with van der Waals surface area (Å²) in [5.41, 5.74) is -0.0423. The van der Waals surface area contributed by atoms with Gasteiger partial charge in [-0.15, -0.1) is 0 Å². The molecule has 104 valence electrons. The molecule has 0 radical (unpaired) electrons. The lowest BCUT2D eigenvalue weighted by Gasteiger charge is -2.22. The Hall–Kier alpha value is -0.890. The average molecular weight is 283 g/mol. The van der Waals surface area contributed by atoms with E-state index in [1.165, 1.54) is 0 Å². The van der Waals surface area contributed by atoms with E-state index in [9.17, 15) is 18.3 Å². The van der Waals surface area contributed by atoms with E-state index >= 15 is 0 Å². The van der Waals surface area contributed by atoms with E-state index in [4.69, 9.17) is 0 Å². The quantitative estimate of drug-likeness (QED) is 0.892. The standard InChI is InChI=1S/C10H16F3N3OS/c1-9(2,3)4-6(17)5-14-8-15-7(16-18-8)10(11,12)13/h6,17H,4-5H2,1-3H3,(H,14,15,16). The van der Waals surface area contributed by atoms with Gasteiger partial charge in [-0.05, 0) is 11.8 Å². The van der Waals surface area contributed by atoms with Crippen molar-refractivity contribution in [1.82, 2.24) is 9.36 Å². The van der Waals surface area contributed by atoms with Crippen LogP contribution in [0.3, 0.4) is 0 Å². The summed E-state index contributed by atoms with van der Waals surface area (Å²) in [6.07, 6.45) is -4.62. The molecule has 2 N–H and O–H groups in total. The van der Waals surface area contributed by atoms with Gasteiger partial charge in [-0.25, -0.2) is 0 Å². The number of aliphatic hydroxyl groups excluding tert-OH is 1. The second-order valence-electron chi connectivity index (χ2n) is 5.22. The van der Waals surface area contributed by atoms with E-state index in [0.29, 0.717) is 18.0 Å². The van der Waals surface area contributed by atoms with E-state index in [2.05, 4.69) is 14.7 Å². The molecule has 0 aliphatic rings. The first-order valence-electron chi connectivity index (χ1n) is 5.41. The Morgan fingerprint density at radius 2 is 1.94 bits per heavy atom. The zero-order valence-corrected chi connectivity index (χ0v) is 11.2. The van der Waals surface area contributed by atoms with Gasteiger partial charge < -0.3 is 10.4 Å². The molecule has 4 nitrogen and oxygen atoms in total. The number of halogens is 3. The van der Waals surface area contributed by atoms with Crippen LogP contribution in [-0.4, -0.2) is 27.1 Å². The molecule has 0 aliphatic heterocycles. The fourth-order valence-corrected chi connectivity index (χ4v) is 1.99.